The van der Waals surface area contributed by atoms with Gasteiger partial charge in [0.2, 0.25) is 17.7 Å². The Labute approximate surface area is 746 Å². The minimum Gasteiger partial charge on any atom is -0.462 e. The molecule has 1 heterocycles. The lowest BCUT2D eigenvalue weighted by molar-refractivity contribution is -0.272. The maximum atomic E-state index is 15.0. The van der Waals surface area contributed by atoms with Gasteiger partial charge in [-0.15, -0.1) is 0 Å². The molecule has 720 valence electrons. The first-order chi connectivity index (χ1) is 59.2. The quantitative estimate of drug-likeness (QED) is 0.0143. The Morgan fingerprint density at radius 2 is 0.639 bits per heavy atom. The molecular formula is C99H191N4O18P. The molecule has 23 heteroatoms. The summed E-state index contributed by atoms with van der Waals surface area (Å²) in [5.41, 5.74) is 6.04. The van der Waals surface area contributed by atoms with Gasteiger partial charge in [0.15, 0.2) is 12.4 Å². The van der Waals surface area contributed by atoms with Gasteiger partial charge in [0, 0.05) is 19.3 Å². The van der Waals surface area contributed by atoms with E-state index in [0.717, 1.165) is 173 Å². The number of aliphatic hydroxyl groups excluding tert-OH is 1. The number of nitrogens with one attached hydrogen (secondary N) is 2. The van der Waals surface area contributed by atoms with Crippen molar-refractivity contribution in [1.82, 2.24) is 15.5 Å². The second-order valence-corrected chi connectivity index (χ2v) is 36.7. The highest BCUT2D eigenvalue weighted by molar-refractivity contribution is 7.46. The minimum atomic E-state index is -5.56. The van der Waals surface area contributed by atoms with Crippen LogP contribution < -0.4 is 16.4 Å². The number of nitrogens with two attached hydrogens (primary N) is 1. The maximum absolute atomic E-state index is 15.0. The molecule has 1 saturated heterocycles. The summed E-state index contributed by atoms with van der Waals surface area (Å²) in [5, 5.41) is 16.6. The summed E-state index contributed by atoms with van der Waals surface area (Å²) in [5.74, 6) is -4.81. The average molecular weight is 1760 g/mol. The number of carbonyl (C=O) groups is 7. The molecule has 9 atom stereocenters. The van der Waals surface area contributed by atoms with Gasteiger partial charge in [0.1, 0.15) is 42.6 Å². The predicted octanol–water partition coefficient (Wildman–Crippen LogP) is 24.7. The molecule has 0 spiro atoms. The van der Waals surface area contributed by atoms with Gasteiger partial charge in [-0.1, -0.05) is 409 Å². The molecule has 1 rings (SSSR count). The lowest BCUT2D eigenvalue weighted by Gasteiger charge is -2.45. The molecule has 1 unspecified atom stereocenters. The van der Waals surface area contributed by atoms with E-state index in [1.165, 1.54) is 193 Å². The standard InChI is InChI=1S/C93H176N3O18P.C6H15N/c1-7-13-19-25-31-37-40-46-52-58-64-70-85(100)109-78(67-61-55-49-43-34-28-22-16-10-4)73-83(98)95-81(92(94)104)77-108-93-89(96-84(99)74-79(68-62-56-50-44-35-29-23-17-11-5)110-86(101)71-65-59-53-47-41-38-32-26-20-14-8-2)91(90(82(76-97)112-93)114-115(105,106)107)113-88(103)75-80(69-63-57-51-45-36-30-24-18-12-6)111-87(102)72-66-60-54-48-42-39-33-27-21-15-9-3;1-4-7(5-2)6-3/h78-82,89-91,93,97H,7-77H2,1-6H3,(H2,94,104)(H,95,98)(H,96,99)(H2,105,106,107);4-6H2,1-3H3/t78-,79-,80-,81+,82-,89-,90-,91-,93?;/m1./s1. The smallest absolute Gasteiger partial charge is 0.462 e. The topological polar surface area (TPSA) is 315 Å². The van der Waals surface area contributed by atoms with Crippen LogP contribution in [-0.4, -0.2) is 149 Å². The molecule has 0 aromatic heterocycles. The Morgan fingerprint density at radius 3 is 0.902 bits per heavy atom. The lowest BCUT2D eigenvalue weighted by atomic mass is 9.95. The van der Waals surface area contributed by atoms with Crippen LogP contribution in [0.2, 0.25) is 0 Å². The number of carbonyl (C=O) groups excluding carboxylic acids is 7. The van der Waals surface area contributed by atoms with Crippen molar-refractivity contribution in [1.29, 1.82) is 0 Å². The third-order valence-corrected chi connectivity index (χ3v) is 24.6. The molecule has 0 saturated carbocycles. The molecule has 0 aliphatic carbocycles. The van der Waals surface area contributed by atoms with Gasteiger partial charge in [-0.25, -0.2) is 4.57 Å². The fourth-order valence-electron chi connectivity index (χ4n) is 16.3. The number of phosphoric ester groups is 1. The number of primary amides is 1. The Hall–Kier alpha value is -3.76. The third-order valence-electron chi connectivity index (χ3n) is 24.1. The summed E-state index contributed by atoms with van der Waals surface area (Å²) in [6.45, 7) is 21.6. The van der Waals surface area contributed by atoms with E-state index in [4.69, 9.17) is 38.7 Å². The number of unbranched alkanes of at least 4 members (excludes halogenated alkanes) is 54. The van der Waals surface area contributed by atoms with Crippen LogP contribution in [0, 0.1) is 0 Å². The second-order valence-electron chi connectivity index (χ2n) is 35.5. The highest BCUT2D eigenvalue weighted by Crippen LogP contribution is 2.43. The number of rotatable bonds is 88. The zero-order valence-corrected chi connectivity index (χ0v) is 80.9. The zero-order valence-electron chi connectivity index (χ0n) is 80.0. The van der Waals surface area contributed by atoms with Gasteiger partial charge in [0.05, 0.1) is 32.5 Å². The highest BCUT2D eigenvalue weighted by atomic mass is 31.2. The van der Waals surface area contributed by atoms with Crippen molar-refractivity contribution in [3.63, 3.8) is 0 Å². The fraction of sp³-hybridized carbons (Fsp3) is 0.929. The van der Waals surface area contributed by atoms with E-state index in [1.807, 2.05) is 0 Å². The number of hydrogen-bond acceptors (Lipinski definition) is 17. The van der Waals surface area contributed by atoms with Crippen LogP contribution in [-0.2, 0) is 71.1 Å². The van der Waals surface area contributed by atoms with Crippen molar-refractivity contribution in [2.75, 3.05) is 32.8 Å². The van der Waals surface area contributed by atoms with E-state index in [-0.39, 0.29) is 25.7 Å². The van der Waals surface area contributed by atoms with Gasteiger partial charge in [-0.3, -0.25) is 38.1 Å². The van der Waals surface area contributed by atoms with Crippen LogP contribution in [0.5, 0.6) is 0 Å². The molecule has 0 aromatic rings. The van der Waals surface area contributed by atoms with Crippen molar-refractivity contribution in [2.24, 2.45) is 5.73 Å². The number of ether oxygens (including phenoxy) is 6. The molecule has 1 aliphatic heterocycles. The van der Waals surface area contributed by atoms with Crippen LogP contribution in [0.4, 0.5) is 0 Å². The summed E-state index contributed by atoms with van der Waals surface area (Å²) in [4.78, 5) is 122. The van der Waals surface area contributed by atoms with Crippen LogP contribution in [0.3, 0.4) is 0 Å². The highest BCUT2D eigenvalue weighted by Gasteiger charge is 2.53. The normalized spacial score (nSPS) is 16.4. The van der Waals surface area contributed by atoms with Gasteiger partial charge < -0.3 is 64.6 Å². The van der Waals surface area contributed by atoms with E-state index in [9.17, 15) is 53.0 Å². The maximum Gasteiger partial charge on any atom is 0.470 e. The third kappa shape index (κ3) is 72.2. The van der Waals surface area contributed by atoms with Crippen molar-refractivity contribution in [2.45, 2.75) is 560 Å². The number of phosphoric acid groups is 1. The molecule has 7 N–H and O–H groups in total. The van der Waals surface area contributed by atoms with E-state index in [1.54, 1.807) is 0 Å². The molecule has 3 amide bonds. The van der Waals surface area contributed by atoms with Crippen molar-refractivity contribution in [3.05, 3.63) is 0 Å². The van der Waals surface area contributed by atoms with E-state index < -0.39 is 130 Å². The molecule has 1 aliphatic rings. The van der Waals surface area contributed by atoms with Gasteiger partial charge in [0.25, 0.3) is 0 Å². The summed E-state index contributed by atoms with van der Waals surface area (Å²) in [7, 11) is -5.56. The fourth-order valence-corrected chi connectivity index (χ4v) is 16.9. The second kappa shape index (κ2) is 85.3. The summed E-state index contributed by atoms with van der Waals surface area (Å²) < 4.78 is 55.6. The van der Waals surface area contributed by atoms with E-state index in [0.29, 0.717) is 57.8 Å². The van der Waals surface area contributed by atoms with Gasteiger partial charge in [-0.05, 0) is 77.4 Å². The molecule has 122 heavy (non-hydrogen) atoms. The number of nitrogens with zero attached hydrogens (tertiary/aromatic N) is 1. The number of aliphatic hydroxyl groups is 1. The van der Waals surface area contributed by atoms with Crippen LogP contribution in [0.1, 0.15) is 505 Å². The van der Waals surface area contributed by atoms with Crippen molar-refractivity contribution in [3.8, 4) is 0 Å². The van der Waals surface area contributed by atoms with Crippen LogP contribution in [0.15, 0.2) is 0 Å². The van der Waals surface area contributed by atoms with Gasteiger partial charge in [-0.2, -0.15) is 0 Å². The molecule has 0 aromatic carbocycles. The SMILES string of the molecule is CCCCCCCCCCCCCC(=O)O[C@H](CCCCCCCCCCC)CC(=O)N[C@@H](COC1O[C@H](CO)[C@@H](OP(=O)(O)O)[C@H](OC(=O)C[C@@H](CCCCCCCCCCC)OC(=O)CCCCCCCCCCCCC)[C@H]1NC(=O)C[C@@H](CCCCCCCCCCC)OC(=O)CCCCCCCCCCCCC)C(N)=O.CCN(CC)CC. The van der Waals surface area contributed by atoms with Crippen LogP contribution >= 0.6 is 7.82 Å². The van der Waals surface area contributed by atoms with E-state index >= 15 is 0 Å². The Morgan fingerprint density at radius 1 is 0.369 bits per heavy atom. The van der Waals surface area contributed by atoms with Crippen molar-refractivity contribution >= 4 is 49.4 Å². The molecule has 22 nitrogen and oxygen atoms in total. The summed E-state index contributed by atoms with van der Waals surface area (Å²) in [6.07, 6.45) is 54.6. The molecule has 1 fully saturated rings. The average Bonchev–Trinajstić information content (AvgIpc) is 0.779. The first kappa shape index (κ1) is 118. The first-order valence-electron chi connectivity index (χ1n) is 51.2. The first-order valence-corrected chi connectivity index (χ1v) is 52.7. The predicted molar refractivity (Wildman–Crippen MR) is 497 cm³/mol. The zero-order chi connectivity index (χ0) is 90.0. The molecular weight excluding hydrogens is 1560 g/mol. The number of hydrogen-bond donors (Lipinski definition) is 6. The van der Waals surface area contributed by atoms with E-state index in [2.05, 4.69) is 77.8 Å². The molecule has 0 bridgehead atoms. The largest absolute Gasteiger partial charge is 0.470 e. The van der Waals surface area contributed by atoms with Crippen LogP contribution in [0.25, 0.3) is 0 Å². The minimum absolute atomic E-state index is 0.137. The lowest BCUT2D eigenvalue weighted by Crippen LogP contribution is -2.67. The van der Waals surface area contributed by atoms with Crippen molar-refractivity contribution < 1.29 is 86.0 Å². The molecule has 0 radical (unpaired) electrons. The van der Waals surface area contributed by atoms with Gasteiger partial charge >= 0.3 is 31.7 Å². The summed E-state index contributed by atoms with van der Waals surface area (Å²) >= 11 is 0. The Balaban J connectivity index is 0.0000199. The number of esters is 4. The number of amides is 3. The Bertz CT molecular complexity index is 2490. The Kier molecular flexibility index (Phi) is 82.7. The summed E-state index contributed by atoms with van der Waals surface area (Å²) in [6, 6.07) is -3.34. The monoisotopic (exact) mass is 1760 g/mol.